The SMILES string of the molecule is COc1ccc(C(=O)C(C)C(=O)Nc2ccccc2N)cc1. The Labute approximate surface area is 129 Å². The van der Waals surface area contributed by atoms with E-state index >= 15 is 0 Å². The molecule has 2 aromatic carbocycles. The average Bonchev–Trinajstić information content (AvgIpc) is 2.55. The van der Waals surface area contributed by atoms with E-state index in [1.54, 1.807) is 62.6 Å². The van der Waals surface area contributed by atoms with Crippen LogP contribution < -0.4 is 15.8 Å². The predicted octanol–water partition coefficient (Wildman–Crippen LogP) is 2.73. The van der Waals surface area contributed by atoms with Gasteiger partial charge < -0.3 is 15.8 Å². The van der Waals surface area contributed by atoms with Crippen molar-refractivity contribution in [2.45, 2.75) is 6.92 Å². The van der Waals surface area contributed by atoms with Crippen molar-refractivity contribution >= 4 is 23.1 Å². The number of benzene rings is 2. The highest BCUT2D eigenvalue weighted by Crippen LogP contribution is 2.19. The fraction of sp³-hybridized carbons (Fsp3) is 0.176. The molecule has 114 valence electrons. The fourth-order valence-electron chi connectivity index (χ4n) is 1.98. The maximum Gasteiger partial charge on any atom is 0.235 e. The van der Waals surface area contributed by atoms with Crippen LogP contribution in [0.4, 0.5) is 11.4 Å². The Balaban J connectivity index is 2.09. The van der Waals surface area contributed by atoms with E-state index in [9.17, 15) is 9.59 Å². The summed E-state index contributed by atoms with van der Waals surface area (Å²) in [5.74, 6) is -0.799. The molecule has 2 aromatic rings. The molecule has 0 fully saturated rings. The second-order valence-electron chi connectivity index (χ2n) is 4.89. The summed E-state index contributed by atoms with van der Waals surface area (Å²) in [4.78, 5) is 24.5. The van der Waals surface area contributed by atoms with Crippen molar-refractivity contribution in [1.82, 2.24) is 0 Å². The number of Topliss-reactive ketones (excluding diaryl/α,β-unsaturated/α-hetero) is 1. The molecule has 0 saturated carbocycles. The molecule has 5 heteroatoms. The van der Waals surface area contributed by atoms with Crippen LogP contribution in [0.2, 0.25) is 0 Å². The standard InChI is InChI=1S/C17H18N2O3/c1-11(16(20)12-7-9-13(22-2)10-8-12)17(21)19-15-6-4-3-5-14(15)18/h3-11H,18H2,1-2H3,(H,19,21). The fourth-order valence-corrected chi connectivity index (χ4v) is 1.98. The maximum atomic E-state index is 12.3. The number of amides is 1. The van der Waals surface area contributed by atoms with Gasteiger partial charge in [0.2, 0.25) is 5.91 Å². The minimum Gasteiger partial charge on any atom is -0.497 e. The molecule has 0 aliphatic rings. The number of hydrogen-bond acceptors (Lipinski definition) is 4. The van der Waals surface area contributed by atoms with Crippen molar-refractivity contribution in [3.8, 4) is 5.75 Å². The van der Waals surface area contributed by atoms with Crippen LogP contribution in [0.3, 0.4) is 0 Å². The number of carbonyl (C=O) groups excluding carboxylic acids is 2. The van der Waals surface area contributed by atoms with Crippen LogP contribution >= 0.6 is 0 Å². The monoisotopic (exact) mass is 298 g/mol. The second kappa shape index (κ2) is 6.76. The molecule has 0 aliphatic carbocycles. The van der Waals surface area contributed by atoms with Crippen LogP contribution in [-0.2, 0) is 4.79 Å². The number of methoxy groups -OCH3 is 1. The van der Waals surface area contributed by atoms with E-state index < -0.39 is 11.8 Å². The lowest BCUT2D eigenvalue weighted by Gasteiger charge is -2.13. The Morgan fingerprint density at radius 1 is 1.09 bits per heavy atom. The number of nitrogen functional groups attached to an aromatic ring is 1. The molecule has 0 saturated heterocycles. The van der Waals surface area contributed by atoms with Crippen LogP contribution in [0.5, 0.6) is 5.75 Å². The van der Waals surface area contributed by atoms with E-state index in [4.69, 9.17) is 10.5 Å². The first-order chi connectivity index (χ1) is 10.5. The van der Waals surface area contributed by atoms with Crippen LogP contribution in [-0.4, -0.2) is 18.8 Å². The Kier molecular flexibility index (Phi) is 4.78. The summed E-state index contributed by atoms with van der Waals surface area (Å²) >= 11 is 0. The van der Waals surface area contributed by atoms with Crippen molar-refractivity contribution < 1.29 is 14.3 Å². The van der Waals surface area contributed by atoms with Gasteiger partial charge in [-0.3, -0.25) is 9.59 Å². The molecule has 0 aliphatic heterocycles. The van der Waals surface area contributed by atoms with Gasteiger partial charge in [0, 0.05) is 5.56 Å². The average molecular weight is 298 g/mol. The smallest absolute Gasteiger partial charge is 0.235 e. The molecule has 5 nitrogen and oxygen atoms in total. The summed E-state index contributed by atoms with van der Waals surface area (Å²) in [5, 5.41) is 2.67. The van der Waals surface area contributed by atoms with Crippen LogP contribution in [0, 0.1) is 5.92 Å². The number of carbonyl (C=O) groups is 2. The molecular weight excluding hydrogens is 280 g/mol. The minimum absolute atomic E-state index is 0.255. The topological polar surface area (TPSA) is 81.4 Å². The third kappa shape index (κ3) is 3.44. The summed E-state index contributed by atoms with van der Waals surface area (Å²) in [6, 6.07) is 13.6. The molecule has 1 unspecified atom stereocenters. The zero-order chi connectivity index (χ0) is 16.1. The van der Waals surface area contributed by atoms with Crippen molar-refractivity contribution in [3.05, 3.63) is 54.1 Å². The third-order valence-electron chi connectivity index (χ3n) is 3.38. The quantitative estimate of drug-likeness (QED) is 0.505. The van der Waals surface area contributed by atoms with Crippen LogP contribution in [0.25, 0.3) is 0 Å². The molecule has 0 heterocycles. The highest BCUT2D eigenvalue weighted by molar-refractivity contribution is 6.13. The molecule has 0 radical (unpaired) electrons. The zero-order valence-corrected chi connectivity index (χ0v) is 12.5. The van der Waals surface area contributed by atoms with E-state index in [0.29, 0.717) is 22.7 Å². The highest BCUT2D eigenvalue weighted by Gasteiger charge is 2.23. The number of ether oxygens (including phenoxy) is 1. The molecule has 0 spiro atoms. The molecule has 0 bridgehead atoms. The van der Waals surface area contributed by atoms with Crippen LogP contribution in [0.1, 0.15) is 17.3 Å². The van der Waals surface area contributed by atoms with Gasteiger partial charge in [-0.1, -0.05) is 12.1 Å². The zero-order valence-electron chi connectivity index (χ0n) is 12.5. The number of ketones is 1. The van der Waals surface area contributed by atoms with Gasteiger partial charge in [0.15, 0.2) is 5.78 Å². The first-order valence-electron chi connectivity index (χ1n) is 6.86. The molecule has 1 atom stereocenters. The molecule has 2 rings (SSSR count). The van der Waals surface area contributed by atoms with Gasteiger partial charge in [-0.2, -0.15) is 0 Å². The Hall–Kier alpha value is -2.82. The normalized spacial score (nSPS) is 11.5. The summed E-state index contributed by atoms with van der Waals surface area (Å²) in [5.41, 5.74) is 7.20. The first kappa shape index (κ1) is 15.6. The van der Waals surface area contributed by atoms with Crippen molar-refractivity contribution in [2.24, 2.45) is 5.92 Å². The number of rotatable bonds is 5. The Bertz CT molecular complexity index is 681. The molecule has 1 amide bonds. The number of hydrogen-bond donors (Lipinski definition) is 2. The van der Waals surface area contributed by atoms with Gasteiger partial charge in [-0.25, -0.2) is 0 Å². The van der Waals surface area contributed by atoms with Gasteiger partial charge in [0.05, 0.1) is 24.4 Å². The maximum absolute atomic E-state index is 12.3. The van der Waals surface area contributed by atoms with Gasteiger partial charge in [0.25, 0.3) is 0 Å². The van der Waals surface area contributed by atoms with E-state index in [2.05, 4.69) is 5.32 Å². The van der Waals surface area contributed by atoms with Gasteiger partial charge in [-0.15, -0.1) is 0 Å². The Morgan fingerprint density at radius 2 is 1.73 bits per heavy atom. The van der Waals surface area contributed by atoms with Gasteiger partial charge in [0.1, 0.15) is 5.75 Å². The largest absolute Gasteiger partial charge is 0.497 e. The summed E-state index contributed by atoms with van der Waals surface area (Å²) < 4.78 is 5.04. The van der Waals surface area contributed by atoms with Crippen molar-refractivity contribution in [2.75, 3.05) is 18.2 Å². The molecule has 0 aromatic heterocycles. The van der Waals surface area contributed by atoms with Crippen molar-refractivity contribution in [1.29, 1.82) is 0 Å². The van der Waals surface area contributed by atoms with E-state index in [-0.39, 0.29) is 5.78 Å². The number of para-hydroxylation sites is 2. The van der Waals surface area contributed by atoms with E-state index in [0.717, 1.165) is 0 Å². The predicted molar refractivity (Wildman–Crippen MR) is 86.0 cm³/mol. The van der Waals surface area contributed by atoms with Crippen molar-refractivity contribution in [3.63, 3.8) is 0 Å². The number of nitrogens with two attached hydrogens (primary N) is 1. The molecular formula is C17H18N2O3. The molecule has 3 N–H and O–H groups in total. The van der Waals surface area contributed by atoms with E-state index in [1.807, 2.05) is 0 Å². The number of anilines is 2. The second-order valence-corrected chi connectivity index (χ2v) is 4.89. The number of nitrogens with one attached hydrogen (secondary N) is 1. The van der Waals surface area contributed by atoms with Crippen LogP contribution in [0.15, 0.2) is 48.5 Å². The lowest BCUT2D eigenvalue weighted by molar-refractivity contribution is -0.118. The van der Waals surface area contributed by atoms with Gasteiger partial charge in [-0.05, 0) is 43.3 Å². The summed E-state index contributed by atoms with van der Waals surface area (Å²) in [6.07, 6.45) is 0. The highest BCUT2D eigenvalue weighted by atomic mass is 16.5. The minimum atomic E-state index is -0.812. The first-order valence-corrected chi connectivity index (χ1v) is 6.86. The Morgan fingerprint density at radius 3 is 2.32 bits per heavy atom. The third-order valence-corrected chi connectivity index (χ3v) is 3.38. The van der Waals surface area contributed by atoms with E-state index in [1.165, 1.54) is 0 Å². The molecule has 22 heavy (non-hydrogen) atoms. The lowest BCUT2D eigenvalue weighted by atomic mass is 9.98. The lowest BCUT2D eigenvalue weighted by Crippen LogP contribution is -2.27. The summed E-state index contributed by atoms with van der Waals surface area (Å²) in [7, 11) is 1.55. The summed E-state index contributed by atoms with van der Waals surface area (Å²) in [6.45, 7) is 1.57. The van der Waals surface area contributed by atoms with Gasteiger partial charge >= 0.3 is 0 Å².